The molecule has 2 rings (SSSR count). The van der Waals surface area contributed by atoms with E-state index in [0.717, 1.165) is 32.1 Å². The van der Waals surface area contributed by atoms with E-state index in [2.05, 4.69) is 5.32 Å². The number of hydrogen-bond acceptors (Lipinski definition) is 3. The highest BCUT2D eigenvalue weighted by molar-refractivity contribution is 5.85. The van der Waals surface area contributed by atoms with Crippen LogP contribution in [0.5, 0.6) is 0 Å². The van der Waals surface area contributed by atoms with Crippen LogP contribution in [0.1, 0.15) is 51.4 Å². The molecule has 2 atom stereocenters. The topological polar surface area (TPSA) is 64.3 Å². The van der Waals surface area contributed by atoms with Crippen molar-refractivity contribution >= 4 is 18.3 Å². The van der Waals surface area contributed by atoms with Crippen LogP contribution >= 0.6 is 12.4 Å². The zero-order chi connectivity index (χ0) is 13.7. The standard InChI is InChI=1S/C15H28N2O2.ClH/c1-19-10-9-15(7-2-3-8-15)14(18)17-13-6-4-5-12(13)11-16;/h12-13H,2-11,16H2,1H3,(H,17,18);1H. The van der Waals surface area contributed by atoms with Gasteiger partial charge in [0.25, 0.3) is 0 Å². The van der Waals surface area contributed by atoms with Crippen molar-refractivity contribution in [1.82, 2.24) is 5.32 Å². The molecule has 1 amide bonds. The SMILES string of the molecule is COCCC1(C(=O)NC2CCCC2CN)CCCC1.Cl. The van der Waals surface area contributed by atoms with E-state index in [4.69, 9.17) is 10.5 Å². The Morgan fingerprint density at radius 1 is 1.30 bits per heavy atom. The van der Waals surface area contributed by atoms with Crippen molar-refractivity contribution in [2.24, 2.45) is 17.1 Å². The summed E-state index contributed by atoms with van der Waals surface area (Å²) >= 11 is 0. The van der Waals surface area contributed by atoms with Gasteiger partial charge in [-0.15, -0.1) is 12.4 Å². The number of carbonyl (C=O) groups is 1. The van der Waals surface area contributed by atoms with E-state index in [0.29, 0.717) is 25.1 Å². The van der Waals surface area contributed by atoms with Crippen molar-refractivity contribution < 1.29 is 9.53 Å². The van der Waals surface area contributed by atoms with Gasteiger partial charge in [0, 0.05) is 19.8 Å². The molecule has 0 radical (unpaired) electrons. The Bertz CT molecular complexity index is 306. The van der Waals surface area contributed by atoms with Crippen LogP contribution in [0.2, 0.25) is 0 Å². The van der Waals surface area contributed by atoms with Crippen molar-refractivity contribution in [3.05, 3.63) is 0 Å². The number of halogens is 1. The lowest BCUT2D eigenvalue weighted by atomic mass is 9.81. The van der Waals surface area contributed by atoms with E-state index < -0.39 is 0 Å². The normalized spacial score (nSPS) is 28.1. The molecule has 2 aliphatic carbocycles. The zero-order valence-electron chi connectivity index (χ0n) is 12.5. The fourth-order valence-electron chi connectivity index (χ4n) is 3.77. The summed E-state index contributed by atoms with van der Waals surface area (Å²) in [5, 5.41) is 3.30. The fraction of sp³-hybridized carbons (Fsp3) is 0.933. The van der Waals surface area contributed by atoms with Crippen LogP contribution in [-0.4, -0.2) is 32.2 Å². The highest BCUT2D eigenvalue weighted by Gasteiger charge is 2.42. The Kier molecular flexibility index (Phi) is 7.27. The van der Waals surface area contributed by atoms with Crippen LogP contribution < -0.4 is 11.1 Å². The number of amides is 1. The summed E-state index contributed by atoms with van der Waals surface area (Å²) in [5.41, 5.74) is 5.63. The molecule has 118 valence electrons. The van der Waals surface area contributed by atoms with Crippen molar-refractivity contribution in [3.63, 3.8) is 0 Å². The molecule has 0 aromatic carbocycles. The van der Waals surface area contributed by atoms with Crippen LogP contribution in [0.4, 0.5) is 0 Å². The quantitative estimate of drug-likeness (QED) is 0.791. The van der Waals surface area contributed by atoms with Gasteiger partial charge in [0.05, 0.1) is 5.41 Å². The van der Waals surface area contributed by atoms with E-state index >= 15 is 0 Å². The molecular weight excluding hydrogens is 276 g/mol. The first kappa shape index (κ1) is 17.7. The summed E-state index contributed by atoms with van der Waals surface area (Å²) in [5.74, 6) is 0.734. The monoisotopic (exact) mass is 304 g/mol. The lowest BCUT2D eigenvalue weighted by Gasteiger charge is -2.30. The molecule has 0 spiro atoms. The number of nitrogens with two attached hydrogens (primary N) is 1. The number of rotatable bonds is 6. The molecule has 2 fully saturated rings. The maximum absolute atomic E-state index is 12.7. The molecule has 2 saturated carbocycles. The minimum atomic E-state index is -0.169. The number of hydrogen-bond donors (Lipinski definition) is 2. The first-order valence-corrected chi connectivity index (χ1v) is 7.72. The van der Waals surface area contributed by atoms with Crippen LogP contribution in [-0.2, 0) is 9.53 Å². The Balaban J connectivity index is 0.00000200. The van der Waals surface area contributed by atoms with Gasteiger partial charge < -0.3 is 15.8 Å². The molecule has 0 aromatic heterocycles. The molecule has 4 nitrogen and oxygen atoms in total. The fourth-order valence-corrected chi connectivity index (χ4v) is 3.77. The summed E-state index contributed by atoms with van der Waals surface area (Å²) in [4.78, 5) is 12.7. The second-order valence-corrected chi connectivity index (χ2v) is 6.24. The maximum atomic E-state index is 12.7. The molecule has 2 unspecified atom stereocenters. The largest absolute Gasteiger partial charge is 0.385 e. The summed E-state index contributed by atoms with van der Waals surface area (Å²) in [6.45, 7) is 1.37. The van der Waals surface area contributed by atoms with Gasteiger partial charge in [0.1, 0.15) is 0 Å². The van der Waals surface area contributed by atoms with Gasteiger partial charge in [-0.1, -0.05) is 19.3 Å². The third kappa shape index (κ3) is 3.86. The second kappa shape index (κ2) is 8.20. The summed E-state index contributed by atoms with van der Waals surface area (Å²) in [7, 11) is 1.71. The molecular formula is C15H29ClN2O2. The van der Waals surface area contributed by atoms with Gasteiger partial charge in [0.2, 0.25) is 5.91 Å². The second-order valence-electron chi connectivity index (χ2n) is 6.24. The van der Waals surface area contributed by atoms with E-state index in [1.54, 1.807) is 7.11 Å². The predicted molar refractivity (Wildman–Crippen MR) is 83.0 cm³/mol. The lowest BCUT2D eigenvalue weighted by molar-refractivity contribution is -0.132. The van der Waals surface area contributed by atoms with Crippen LogP contribution in [0, 0.1) is 11.3 Å². The number of methoxy groups -OCH3 is 1. The first-order valence-electron chi connectivity index (χ1n) is 7.72. The van der Waals surface area contributed by atoms with Gasteiger partial charge in [-0.05, 0) is 44.6 Å². The summed E-state index contributed by atoms with van der Waals surface area (Å²) in [6.07, 6.45) is 8.67. The number of ether oxygens (including phenoxy) is 1. The smallest absolute Gasteiger partial charge is 0.226 e. The molecule has 3 N–H and O–H groups in total. The van der Waals surface area contributed by atoms with Crippen molar-refractivity contribution in [2.75, 3.05) is 20.3 Å². The third-order valence-corrected chi connectivity index (χ3v) is 5.11. The van der Waals surface area contributed by atoms with Crippen LogP contribution in [0.3, 0.4) is 0 Å². The van der Waals surface area contributed by atoms with Crippen molar-refractivity contribution in [2.45, 2.75) is 57.4 Å². The minimum Gasteiger partial charge on any atom is -0.385 e. The van der Waals surface area contributed by atoms with Gasteiger partial charge >= 0.3 is 0 Å². The molecule has 5 heteroatoms. The molecule has 0 saturated heterocycles. The summed E-state index contributed by atoms with van der Waals surface area (Å²) in [6, 6.07) is 0.303. The molecule has 2 aliphatic rings. The molecule has 0 aromatic rings. The third-order valence-electron chi connectivity index (χ3n) is 5.11. The number of carbonyl (C=O) groups excluding carboxylic acids is 1. The zero-order valence-corrected chi connectivity index (χ0v) is 13.3. The van der Waals surface area contributed by atoms with Crippen LogP contribution in [0.15, 0.2) is 0 Å². The molecule has 0 heterocycles. The summed E-state index contributed by atoms with van der Waals surface area (Å²) < 4.78 is 5.19. The van der Waals surface area contributed by atoms with E-state index in [9.17, 15) is 4.79 Å². The Labute approximate surface area is 128 Å². The highest BCUT2D eigenvalue weighted by atomic mass is 35.5. The van der Waals surface area contributed by atoms with E-state index in [1.165, 1.54) is 19.3 Å². The molecule has 20 heavy (non-hydrogen) atoms. The average molecular weight is 305 g/mol. The van der Waals surface area contributed by atoms with Gasteiger partial charge in [0.15, 0.2) is 0 Å². The van der Waals surface area contributed by atoms with Gasteiger partial charge in [-0.25, -0.2) is 0 Å². The lowest BCUT2D eigenvalue weighted by Crippen LogP contribution is -2.47. The Morgan fingerprint density at radius 3 is 2.60 bits per heavy atom. The van der Waals surface area contributed by atoms with Gasteiger partial charge in [-0.2, -0.15) is 0 Å². The first-order chi connectivity index (χ1) is 9.22. The molecule has 0 aliphatic heterocycles. The highest BCUT2D eigenvalue weighted by Crippen LogP contribution is 2.42. The minimum absolute atomic E-state index is 0. The Morgan fingerprint density at radius 2 is 2.00 bits per heavy atom. The maximum Gasteiger partial charge on any atom is 0.226 e. The average Bonchev–Trinajstić information content (AvgIpc) is 3.05. The van der Waals surface area contributed by atoms with E-state index in [1.807, 2.05) is 0 Å². The number of nitrogens with one attached hydrogen (secondary N) is 1. The Hall–Kier alpha value is -0.320. The molecule has 0 bridgehead atoms. The van der Waals surface area contributed by atoms with Crippen molar-refractivity contribution in [1.29, 1.82) is 0 Å². The van der Waals surface area contributed by atoms with E-state index in [-0.39, 0.29) is 23.7 Å². The van der Waals surface area contributed by atoms with Crippen molar-refractivity contribution in [3.8, 4) is 0 Å². The van der Waals surface area contributed by atoms with Gasteiger partial charge in [-0.3, -0.25) is 4.79 Å². The van der Waals surface area contributed by atoms with Crippen LogP contribution in [0.25, 0.3) is 0 Å². The predicted octanol–water partition coefficient (Wildman–Crippen LogP) is 2.25.